The number of hydrogen-bond acceptors (Lipinski definition) is 6. The maximum absolute atomic E-state index is 12.4. The van der Waals surface area contributed by atoms with E-state index in [9.17, 15) is 9.59 Å². The lowest BCUT2D eigenvalue weighted by Gasteiger charge is -2.20. The fraction of sp³-hybridized carbons (Fsp3) is 0.500. The maximum atomic E-state index is 12.4. The zero-order chi connectivity index (χ0) is 20.0. The molecule has 0 saturated carbocycles. The van der Waals surface area contributed by atoms with E-state index in [0.717, 1.165) is 5.56 Å². The Morgan fingerprint density at radius 3 is 2.59 bits per heavy atom. The van der Waals surface area contributed by atoms with Crippen molar-refractivity contribution in [1.82, 2.24) is 15.5 Å². The van der Waals surface area contributed by atoms with Crippen LogP contribution < -0.4 is 5.32 Å². The summed E-state index contributed by atoms with van der Waals surface area (Å²) in [6, 6.07) is 6.42. The van der Waals surface area contributed by atoms with Crippen molar-refractivity contribution in [3.05, 3.63) is 47.1 Å². The number of benzene rings is 1. The first-order valence-corrected chi connectivity index (χ1v) is 9.12. The van der Waals surface area contributed by atoms with Crippen molar-refractivity contribution in [2.24, 2.45) is 11.8 Å². The minimum absolute atomic E-state index is 0.118. The molecule has 146 valence electrons. The van der Waals surface area contributed by atoms with Crippen LogP contribution in [0.4, 0.5) is 0 Å². The van der Waals surface area contributed by atoms with Crippen LogP contribution in [0.25, 0.3) is 0 Å². The first-order chi connectivity index (χ1) is 12.8. The van der Waals surface area contributed by atoms with E-state index in [2.05, 4.69) is 29.3 Å². The molecular weight excluding hydrogens is 346 g/mol. The molecule has 1 N–H and O–H groups in total. The molecule has 0 fully saturated rings. The van der Waals surface area contributed by atoms with Gasteiger partial charge in [-0.3, -0.25) is 4.79 Å². The number of hydrogen-bond donors (Lipinski definition) is 1. The second-order valence-corrected chi connectivity index (χ2v) is 7.37. The Balaban J connectivity index is 1.96. The van der Waals surface area contributed by atoms with Crippen molar-refractivity contribution >= 4 is 11.9 Å². The molecule has 0 bridgehead atoms. The number of ether oxygens (including phenoxy) is 1. The number of aryl methyl sites for hydroxylation is 1. The largest absolute Gasteiger partial charge is 0.454 e. The molecule has 0 aliphatic heterocycles. The number of carbonyl (C=O) groups excluding carboxylic acids is 2. The van der Waals surface area contributed by atoms with Crippen molar-refractivity contribution in [3.63, 3.8) is 0 Å². The van der Waals surface area contributed by atoms with Gasteiger partial charge in [0.1, 0.15) is 6.04 Å². The van der Waals surface area contributed by atoms with E-state index in [0.29, 0.717) is 23.7 Å². The second kappa shape index (κ2) is 9.30. The number of carbonyl (C=O) groups is 2. The van der Waals surface area contributed by atoms with Crippen LogP contribution in [0.15, 0.2) is 28.8 Å². The fourth-order valence-electron chi connectivity index (χ4n) is 2.53. The van der Waals surface area contributed by atoms with Crippen LogP contribution in [-0.4, -0.2) is 28.1 Å². The van der Waals surface area contributed by atoms with Gasteiger partial charge >= 0.3 is 5.97 Å². The molecule has 0 aliphatic carbocycles. The lowest BCUT2D eigenvalue weighted by atomic mass is 10.0. The molecule has 1 aromatic carbocycles. The number of esters is 1. The highest BCUT2D eigenvalue weighted by Crippen LogP contribution is 2.10. The molecule has 1 amide bonds. The van der Waals surface area contributed by atoms with Gasteiger partial charge in [0, 0.05) is 12.0 Å². The molecule has 0 aliphatic rings. The quantitative estimate of drug-likeness (QED) is 0.715. The molecule has 2 aromatic rings. The molecule has 0 spiro atoms. The molecule has 0 saturated heterocycles. The lowest BCUT2D eigenvalue weighted by Crippen LogP contribution is -2.45. The van der Waals surface area contributed by atoms with Gasteiger partial charge in [0.2, 0.25) is 0 Å². The van der Waals surface area contributed by atoms with Crippen LogP contribution in [0.3, 0.4) is 0 Å². The second-order valence-electron chi connectivity index (χ2n) is 7.37. The highest BCUT2D eigenvalue weighted by molar-refractivity contribution is 5.97. The number of nitrogens with zero attached hydrogens (tertiary/aromatic N) is 2. The first-order valence-electron chi connectivity index (χ1n) is 9.12. The van der Waals surface area contributed by atoms with Gasteiger partial charge in [-0.05, 0) is 30.9 Å². The summed E-state index contributed by atoms with van der Waals surface area (Å²) in [4.78, 5) is 29.1. The molecule has 0 radical (unpaired) electrons. The zero-order valence-corrected chi connectivity index (χ0v) is 16.5. The average Bonchev–Trinajstić information content (AvgIpc) is 3.03. The summed E-state index contributed by atoms with van der Waals surface area (Å²) >= 11 is 0. The topological polar surface area (TPSA) is 94.3 Å². The number of aromatic nitrogens is 2. The molecular formula is C20H27N3O4. The predicted octanol–water partition coefficient (Wildman–Crippen LogP) is 3.07. The SMILES string of the molecule is Cc1cccc(C(=O)N[C@H](C(=O)OCc2nc(CC(C)C)no2)C(C)C)c1. The third-order valence-corrected chi connectivity index (χ3v) is 3.93. The summed E-state index contributed by atoms with van der Waals surface area (Å²) in [5.74, 6) is 0.252. The van der Waals surface area contributed by atoms with Gasteiger partial charge in [-0.2, -0.15) is 4.98 Å². The van der Waals surface area contributed by atoms with Crippen molar-refractivity contribution < 1.29 is 18.8 Å². The summed E-state index contributed by atoms with van der Waals surface area (Å²) < 4.78 is 10.4. The molecule has 1 atom stereocenters. The van der Waals surface area contributed by atoms with Crippen molar-refractivity contribution in [2.45, 2.75) is 53.7 Å². The Bertz CT molecular complexity index is 783. The molecule has 27 heavy (non-hydrogen) atoms. The Morgan fingerprint density at radius 1 is 1.22 bits per heavy atom. The molecule has 1 aromatic heterocycles. The van der Waals surface area contributed by atoms with Crippen LogP contribution in [-0.2, 0) is 22.6 Å². The smallest absolute Gasteiger partial charge is 0.329 e. The lowest BCUT2D eigenvalue weighted by molar-refractivity contribution is -0.149. The monoisotopic (exact) mass is 373 g/mol. The molecule has 2 rings (SSSR count). The van der Waals surface area contributed by atoms with Crippen LogP contribution >= 0.6 is 0 Å². The van der Waals surface area contributed by atoms with Gasteiger partial charge in [-0.1, -0.05) is 50.5 Å². The third-order valence-electron chi connectivity index (χ3n) is 3.93. The van der Waals surface area contributed by atoms with Crippen molar-refractivity contribution in [3.8, 4) is 0 Å². The van der Waals surface area contributed by atoms with Gasteiger partial charge in [0.25, 0.3) is 11.8 Å². The summed E-state index contributed by atoms with van der Waals surface area (Å²) in [6.07, 6.45) is 0.693. The zero-order valence-electron chi connectivity index (χ0n) is 16.5. The molecule has 0 unspecified atom stereocenters. The standard InChI is InChI=1S/C20H27N3O4/c1-12(2)9-16-21-17(27-23-16)11-26-20(25)18(13(3)4)22-19(24)15-8-6-7-14(5)10-15/h6-8,10,12-13,18H,9,11H2,1-5H3,(H,22,24)/t18-/m0/s1. The van der Waals surface area contributed by atoms with E-state index in [4.69, 9.17) is 9.26 Å². The first kappa shape index (κ1) is 20.6. The van der Waals surface area contributed by atoms with Gasteiger partial charge in [0.05, 0.1) is 0 Å². The normalized spacial score (nSPS) is 12.3. The molecule has 7 nitrogen and oxygen atoms in total. The van der Waals surface area contributed by atoms with Crippen LogP contribution in [0.5, 0.6) is 0 Å². The van der Waals surface area contributed by atoms with E-state index in [1.165, 1.54) is 0 Å². The van der Waals surface area contributed by atoms with Crippen LogP contribution in [0.1, 0.15) is 55.3 Å². The third kappa shape index (κ3) is 6.20. The van der Waals surface area contributed by atoms with Crippen LogP contribution in [0.2, 0.25) is 0 Å². The average molecular weight is 373 g/mol. The van der Waals surface area contributed by atoms with E-state index in [1.807, 2.05) is 26.8 Å². The highest BCUT2D eigenvalue weighted by Gasteiger charge is 2.26. The summed E-state index contributed by atoms with van der Waals surface area (Å²) in [7, 11) is 0. The Labute approximate surface area is 159 Å². The van der Waals surface area contributed by atoms with Gasteiger partial charge in [0.15, 0.2) is 12.4 Å². The van der Waals surface area contributed by atoms with E-state index in [-0.39, 0.29) is 24.3 Å². The molecule has 7 heteroatoms. The number of nitrogens with one attached hydrogen (secondary N) is 1. The maximum Gasteiger partial charge on any atom is 0.329 e. The summed E-state index contributed by atoms with van der Waals surface area (Å²) in [5.41, 5.74) is 1.48. The summed E-state index contributed by atoms with van der Waals surface area (Å²) in [6.45, 7) is 9.59. The van der Waals surface area contributed by atoms with Gasteiger partial charge in [-0.25, -0.2) is 4.79 Å². The van der Waals surface area contributed by atoms with Gasteiger partial charge in [-0.15, -0.1) is 0 Å². The van der Waals surface area contributed by atoms with E-state index >= 15 is 0 Å². The van der Waals surface area contributed by atoms with Crippen molar-refractivity contribution in [2.75, 3.05) is 0 Å². The predicted molar refractivity (Wildman–Crippen MR) is 99.9 cm³/mol. The van der Waals surface area contributed by atoms with E-state index in [1.54, 1.807) is 18.2 Å². The van der Waals surface area contributed by atoms with Crippen LogP contribution in [0, 0.1) is 18.8 Å². The molecule has 1 heterocycles. The Kier molecular flexibility index (Phi) is 7.10. The number of amides is 1. The van der Waals surface area contributed by atoms with Gasteiger partial charge < -0.3 is 14.6 Å². The highest BCUT2D eigenvalue weighted by atomic mass is 16.6. The Morgan fingerprint density at radius 2 is 1.96 bits per heavy atom. The number of rotatable bonds is 8. The van der Waals surface area contributed by atoms with E-state index < -0.39 is 12.0 Å². The summed E-state index contributed by atoms with van der Waals surface area (Å²) in [5, 5.41) is 6.61. The minimum atomic E-state index is -0.768. The Hall–Kier alpha value is -2.70. The van der Waals surface area contributed by atoms with Crippen molar-refractivity contribution in [1.29, 1.82) is 0 Å². The minimum Gasteiger partial charge on any atom is -0.454 e. The fourth-order valence-corrected chi connectivity index (χ4v) is 2.53.